The molecule has 7 nitrogen and oxygen atoms in total. The Hall–Kier alpha value is -3.36. The number of hydrogen-bond donors (Lipinski definition) is 3. The van der Waals surface area contributed by atoms with Gasteiger partial charge in [-0.2, -0.15) is 0 Å². The van der Waals surface area contributed by atoms with E-state index in [-0.39, 0.29) is 16.8 Å². The number of nitrogen functional groups attached to an aromatic ring is 1. The molecule has 160 valence electrons. The van der Waals surface area contributed by atoms with Crippen LogP contribution in [0.2, 0.25) is 0 Å². The number of carbonyl (C=O) groups is 1. The van der Waals surface area contributed by atoms with Gasteiger partial charge in [-0.3, -0.25) is 4.79 Å². The number of aryl methyl sites for hydroxylation is 1. The zero-order valence-electron chi connectivity index (χ0n) is 17.0. The molecule has 1 aliphatic carbocycles. The van der Waals surface area contributed by atoms with E-state index in [1.54, 1.807) is 60.7 Å². The van der Waals surface area contributed by atoms with Crippen LogP contribution in [0.15, 0.2) is 71.6 Å². The predicted molar refractivity (Wildman–Crippen MR) is 120 cm³/mol. The van der Waals surface area contributed by atoms with Gasteiger partial charge in [0.2, 0.25) is 10.0 Å². The lowest BCUT2D eigenvalue weighted by atomic mass is 10.0. The third-order valence-electron chi connectivity index (χ3n) is 5.35. The van der Waals surface area contributed by atoms with Gasteiger partial charge in [-0.25, -0.2) is 13.1 Å². The zero-order valence-corrected chi connectivity index (χ0v) is 17.8. The molecule has 0 saturated heterocycles. The lowest BCUT2D eigenvalue weighted by Crippen LogP contribution is -2.27. The number of amides is 1. The number of sulfonamides is 1. The van der Waals surface area contributed by atoms with Crippen LogP contribution in [-0.2, 0) is 16.4 Å². The maximum Gasteiger partial charge on any atom is 0.255 e. The van der Waals surface area contributed by atoms with Crippen LogP contribution in [0.1, 0.15) is 33.9 Å². The number of carbonyl (C=O) groups excluding carboxylic acids is 1. The third-order valence-corrected chi connectivity index (χ3v) is 6.86. The number of ether oxygens (including phenoxy) is 1. The second-order valence-electron chi connectivity index (χ2n) is 7.32. The van der Waals surface area contributed by atoms with Crippen molar-refractivity contribution in [2.24, 2.45) is 0 Å². The molecule has 3 aromatic carbocycles. The molecular weight excluding hydrogens is 414 g/mol. The summed E-state index contributed by atoms with van der Waals surface area (Å²) >= 11 is 0. The molecule has 4 N–H and O–H groups in total. The maximum absolute atomic E-state index is 12.9. The number of hydrogen-bond acceptors (Lipinski definition) is 5. The SMILES string of the molecule is COc1ccccc1S(=O)(=O)NC1CCc2cc(C(=O)Nc3ccccc3N)ccc21. The Bertz CT molecular complexity index is 1240. The second-order valence-corrected chi connectivity index (χ2v) is 9.00. The van der Waals surface area contributed by atoms with Crippen molar-refractivity contribution in [2.45, 2.75) is 23.8 Å². The summed E-state index contributed by atoms with van der Waals surface area (Å²) in [6, 6.07) is 18.5. The van der Waals surface area contributed by atoms with E-state index in [4.69, 9.17) is 10.5 Å². The zero-order chi connectivity index (χ0) is 22.0. The van der Waals surface area contributed by atoms with Gasteiger partial charge in [0.25, 0.3) is 5.91 Å². The maximum atomic E-state index is 12.9. The van der Waals surface area contributed by atoms with Gasteiger partial charge >= 0.3 is 0 Å². The molecule has 4 rings (SSSR count). The predicted octanol–water partition coefficient (Wildman–Crippen LogP) is 3.50. The molecule has 1 aliphatic rings. The Morgan fingerprint density at radius 1 is 1.06 bits per heavy atom. The van der Waals surface area contributed by atoms with Crippen LogP contribution in [0.25, 0.3) is 0 Å². The first-order valence-electron chi connectivity index (χ1n) is 9.83. The van der Waals surface area contributed by atoms with Crippen molar-refractivity contribution in [3.8, 4) is 5.75 Å². The van der Waals surface area contributed by atoms with E-state index in [1.807, 2.05) is 0 Å². The molecule has 0 aliphatic heterocycles. The lowest BCUT2D eigenvalue weighted by Gasteiger charge is -2.16. The van der Waals surface area contributed by atoms with Crippen LogP contribution in [0, 0.1) is 0 Å². The van der Waals surface area contributed by atoms with Crippen LogP contribution >= 0.6 is 0 Å². The van der Waals surface area contributed by atoms with E-state index in [0.29, 0.717) is 35.5 Å². The molecule has 0 spiro atoms. The van der Waals surface area contributed by atoms with Crippen LogP contribution in [0.4, 0.5) is 11.4 Å². The van der Waals surface area contributed by atoms with E-state index >= 15 is 0 Å². The quantitative estimate of drug-likeness (QED) is 0.511. The fourth-order valence-corrected chi connectivity index (χ4v) is 5.20. The smallest absolute Gasteiger partial charge is 0.255 e. The summed E-state index contributed by atoms with van der Waals surface area (Å²) in [5, 5.41) is 2.81. The molecule has 0 aromatic heterocycles. The van der Waals surface area contributed by atoms with Gasteiger partial charge in [0.05, 0.1) is 18.5 Å². The Labute approximate surface area is 181 Å². The third kappa shape index (κ3) is 4.26. The molecule has 8 heteroatoms. The van der Waals surface area contributed by atoms with Crippen LogP contribution in [-0.4, -0.2) is 21.4 Å². The Kier molecular flexibility index (Phi) is 5.67. The fraction of sp³-hybridized carbons (Fsp3) is 0.174. The lowest BCUT2D eigenvalue weighted by molar-refractivity contribution is 0.102. The highest BCUT2D eigenvalue weighted by molar-refractivity contribution is 7.89. The number of nitrogens with two attached hydrogens (primary N) is 1. The first-order chi connectivity index (χ1) is 14.9. The van der Waals surface area contributed by atoms with Crippen molar-refractivity contribution in [1.29, 1.82) is 0 Å². The minimum Gasteiger partial charge on any atom is -0.495 e. The number of para-hydroxylation sites is 3. The summed E-state index contributed by atoms with van der Waals surface area (Å²) in [4.78, 5) is 12.7. The van der Waals surface area contributed by atoms with Crippen molar-refractivity contribution >= 4 is 27.3 Å². The van der Waals surface area contributed by atoms with Gasteiger partial charge < -0.3 is 15.8 Å². The van der Waals surface area contributed by atoms with Crippen LogP contribution in [0.3, 0.4) is 0 Å². The summed E-state index contributed by atoms with van der Waals surface area (Å²) in [6.07, 6.45) is 1.28. The van der Waals surface area contributed by atoms with Crippen molar-refractivity contribution in [1.82, 2.24) is 4.72 Å². The van der Waals surface area contributed by atoms with E-state index in [9.17, 15) is 13.2 Å². The van der Waals surface area contributed by atoms with E-state index in [2.05, 4.69) is 10.0 Å². The average molecular weight is 438 g/mol. The summed E-state index contributed by atoms with van der Waals surface area (Å²) in [5.41, 5.74) is 9.24. The van der Waals surface area contributed by atoms with Crippen molar-refractivity contribution in [3.05, 3.63) is 83.4 Å². The number of rotatable bonds is 6. The molecule has 1 atom stereocenters. The molecule has 1 amide bonds. The highest BCUT2D eigenvalue weighted by atomic mass is 32.2. The largest absolute Gasteiger partial charge is 0.495 e. The van der Waals surface area contributed by atoms with Gasteiger partial charge in [-0.1, -0.05) is 30.3 Å². The van der Waals surface area contributed by atoms with E-state index < -0.39 is 10.0 Å². The first kappa shape index (κ1) is 20.9. The number of fused-ring (bicyclic) bond motifs is 1. The second kappa shape index (κ2) is 8.41. The van der Waals surface area contributed by atoms with E-state index in [0.717, 1.165) is 11.1 Å². The van der Waals surface area contributed by atoms with E-state index in [1.165, 1.54) is 13.2 Å². The van der Waals surface area contributed by atoms with Crippen LogP contribution < -0.4 is 20.5 Å². The normalized spacial score (nSPS) is 15.3. The van der Waals surface area contributed by atoms with Gasteiger partial charge in [-0.05, 0) is 60.4 Å². The molecule has 0 fully saturated rings. The minimum absolute atomic E-state index is 0.0994. The van der Waals surface area contributed by atoms with Crippen molar-refractivity contribution < 1.29 is 17.9 Å². The Balaban J connectivity index is 1.53. The highest BCUT2D eigenvalue weighted by Crippen LogP contribution is 2.34. The molecule has 0 heterocycles. The van der Waals surface area contributed by atoms with Gasteiger partial charge in [0.15, 0.2) is 0 Å². The molecule has 31 heavy (non-hydrogen) atoms. The summed E-state index contributed by atoms with van der Waals surface area (Å²) < 4.78 is 33.8. The molecule has 0 bridgehead atoms. The fourth-order valence-electron chi connectivity index (χ4n) is 3.78. The summed E-state index contributed by atoms with van der Waals surface area (Å²) in [5.74, 6) is 0.0270. The number of anilines is 2. The molecule has 0 radical (unpaired) electrons. The molecule has 0 saturated carbocycles. The topological polar surface area (TPSA) is 111 Å². The van der Waals surface area contributed by atoms with Gasteiger partial charge in [0, 0.05) is 11.6 Å². The summed E-state index contributed by atoms with van der Waals surface area (Å²) in [7, 11) is -2.33. The summed E-state index contributed by atoms with van der Waals surface area (Å²) in [6.45, 7) is 0. The Morgan fingerprint density at radius 2 is 1.81 bits per heavy atom. The molecular formula is C23H23N3O4S. The number of nitrogens with one attached hydrogen (secondary N) is 2. The average Bonchev–Trinajstić information content (AvgIpc) is 3.16. The van der Waals surface area contributed by atoms with Crippen LogP contribution in [0.5, 0.6) is 5.75 Å². The van der Waals surface area contributed by atoms with Crippen molar-refractivity contribution in [3.63, 3.8) is 0 Å². The van der Waals surface area contributed by atoms with Gasteiger partial charge in [-0.15, -0.1) is 0 Å². The Morgan fingerprint density at radius 3 is 2.58 bits per heavy atom. The standard InChI is InChI=1S/C23H23N3O4S/c1-30-21-8-4-5-9-22(21)31(28,29)26-19-13-11-15-14-16(10-12-17(15)19)23(27)25-20-7-3-2-6-18(20)24/h2-10,12,14,19,26H,11,13,24H2,1H3,(H,25,27). The molecule has 3 aromatic rings. The molecule has 1 unspecified atom stereocenters. The number of methoxy groups -OCH3 is 1. The van der Waals surface area contributed by atoms with Crippen molar-refractivity contribution in [2.75, 3.05) is 18.2 Å². The monoisotopic (exact) mass is 437 g/mol. The van der Waals surface area contributed by atoms with Gasteiger partial charge in [0.1, 0.15) is 10.6 Å². The highest BCUT2D eigenvalue weighted by Gasteiger charge is 2.29. The number of benzene rings is 3. The minimum atomic E-state index is -3.77. The first-order valence-corrected chi connectivity index (χ1v) is 11.3.